The number of halogens is 1. The molecule has 3 rings (SSSR count). The molecule has 0 radical (unpaired) electrons. The number of aryl methyl sites for hydroxylation is 1. The molecule has 0 aliphatic rings. The van der Waals surface area contributed by atoms with E-state index in [1.165, 1.54) is 6.21 Å². The molecule has 3 amide bonds. The predicted octanol–water partition coefficient (Wildman–Crippen LogP) is 4.01. The molecule has 34 heavy (non-hydrogen) atoms. The van der Waals surface area contributed by atoms with Crippen molar-refractivity contribution in [2.75, 3.05) is 17.2 Å². The minimum atomic E-state index is -0.915. The number of hydrogen-bond donors (Lipinski definition) is 3. The molecule has 9 heteroatoms. The molecule has 0 aromatic heterocycles. The van der Waals surface area contributed by atoms with Crippen LogP contribution < -0.4 is 20.8 Å². The largest absolute Gasteiger partial charge is 0.483 e. The Morgan fingerprint density at radius 2 is 1.71 bits per heavy atom. The molecule has 0 aliphatic heterocycles. The van der Waals surface area contributed by atoms with Gasteiger partial charge in [0, 0.05) is 22.0 Å². The summed E-state index contributed by atoms with van der Waals surface area (Å²) in [6.45, 7) is 1.71. The number of rotatable bonds is 8. The number of carbonyl (C=O) groups is 3. The summed E-state index contributed by atoms with van der Waals surface area (Å²) in [7, 11) is 0. The Kier molecular flexibility index (Phi) is 8.76. The summed E-state index contributed by atoms with van der Waals surface area (Å²) < 4.78 is 5.58. The third-order valence-corrected chi connectivity index (χ3v) is 4.84. The lowest BCUT2D eigenvalue weighted by molar-refractivity contribution is -0.136. The molecule has 174 valence electrons. The number of para-hydroxylation sites is 2. The lowest BCUT2D eigenvalue weighted by atomic mass is 10.1. The summed E-state index contributed by atoms with van der Waals surface area (Å²) in [5.41, 5.74) is 4.74. The third kappa shape index (κ3) is 7.18. The summed E-state index contributed by atoms with van der Waals surface area (Å²) in [6.07, 6.45) is 2.04. The molecule has 0 fully saturated rings. The Labute approximate surface area is 202 Å². The molecule has 0 aliphatic carbocycles. The Balaban J connectivity index is 1.54. The smallest absolute Gasteiger partial charge is 0.329 e. The molecule has 3 aromatic carbocycles. The van der Waals surface area contributed by atoms with Gasteiger partial charge in [-0.15, -0.1) is 0 Å². The van der Waals surface area contributed by atoms with Crippen LogP contribution in [0.1, 0.15) is 18.1 Å². The van der Waals surface area contributed by atoms with E-state index in [0.717, 1.165) is 5.56 Å². The van der Waals surface area contributed by atoms with Crippen molar-refractivity contribution in [2.24, 2.45) is 5.10 Å². The van der Waals surface area contributed by atoms with Crippen molar-refractivity contribution < 1.29 is 19.1 Å². The average Bonchev–Trinajstić information content (AvgIpc) is 2.83. The molecule has 0 saturated carbocycles. The van der Waals surface area contributed by atoms with Crippen LogP contribution in [0.2, 0.25) is 5.02 Å². The maximum absolute atomic E-state index is 12.2. The van der Waals surface area contributed by atoms with Crippen molar-refractivity contribution in [3.05, 3.63) is 88.9 Å². The van der Waals surface area contributed by atoms with Crippen LogP contribution in [0.5, 0.6) is 5.75 Å². The van der Waals surface area contributed by atoms with Gasteiger partial charge < -0.3 is 15.4 Å². The van der Waals surface area contributed by atoms with Crippen molar-refractivity contribution in [2.45, 2.75) is 13.3 Å². The number of hydrazone groups is 1. The first kappa shape index (κ1) is 24.5. The Morgan fingerprint density at radius 3 is 2.50 bits per heavy atom. The molecular weight excluding hydrogens is 456 g/mol. The number of ether oxygens (including phenoxy) is 1. The van der Waals surface area contributed by atoms with Crippen LogP contribution in [-0.2, 0) is 20.8 Å². The highest BCUT2D eigenvalue weighted by Gasteiger charge is 2.14. The quantitative estimate of drug-likeness (QED) is 0.258. The zero-order valence-electron chi connectivity index (χ0n) is 18.4. The second kappa shape index (κ2) is 12.2. The van der Waals surface area contributed by atoms with Crippen molar-refractivity contribution in [3.63, 3.8) is 0 Å². The number of nitrogens with zero attached hydrogens (tertiary/aromatic N) is 1. The minimum Gasteiger partial charge on any atom is -0.483 e. The van der Waals surface area contributed by atoms with Gasteiger partial charge in [0.05, 0.1) is 6.21 Å². The van der Waals surface area contributed by atoms with Crippen LogP contribution in [0, 0.1) is 0 Å². The number of amides is 3. The molecular formula is C25H23ClN4O4. The van der Waals surface area contributed by atoms with Crippen LogP contribution in [0.4, 0.5) is 11.4 Å². The topological polar surface area (TPSA) is 109 Å². The number of anilines is 2. The second-order valence-corrected chi connectivity index (χ2v) is 7.49. The van der Waals surface area contributed by atoms with E-state index in [1.807, 2.05) is 19.1 Å². The normalized spacial score (nSPS) is 10.5. The molecule has 0 heterocycles. The van der Waals surface area contributed by atoms with Crippen LogP contribution in [-0.4, -0.2) is 30.5 Å². The first-order chi connectivity index (χ1) is 16.5. The third-order valence-electron chi connectivity index (χ3n) is 4.61. The van der Waals surface area contributed by atoms with Gasteiger partial charge in [0.2, 0.25) is 0 Å². The monoisotopic (exact) mass is 478 g/mol. The van der Waals surface area contributed by atoms with Gasteiger partial charge >= 0.3 is 11.8 Å². The number of benzene rings is 3. The highest BCUT2D eigenvalue weighted by Crippen LogP contribution is 2.18. The molecule has 0 unspecified atom stereocenters. The summed E-state index contributed by atoms with van der Waals surface area (Å²) in [5, 5.41) is 9.60. The fourth-order valence-corrected chi connectivity index (χ4v) is 3.16. The standard InChI is InChI=1S/C25H23ClN4O4/c1-2-17-8-3-5-12-21(17)29-24(32)25(33)30-27-15-18-9-4-6-13-22(18)34-16-23(31)28-20-11-7-10-19(26)14-20/h3-15H,2,16H2,1H3,(H,28,31)(H,29,32)(H,30,33)/b27-15-. The van der Waals surface area contributed by atoms with Crippen LogP contribution >= 0.6 is 11.6 Å². The second-order valence-electron chi connectivity index (χ2n) is 7.05. The zero-order chi connectivity index (χ0) is 24.3. The van der Waals surface area contributed by atoms with Gasteiger partial charge in [0.15, 0.2) is 6.61 Å². The number of carbonyl (C=O) groups excluding carboxylic acids is 3. The van der Waals surface area contributed by atoms with Crippen LogP contribution in [0.15, 0.2) is 77.9 Å². The van der Waals surface area contributed by atoms with E-state index in [0.29, 0.717) is 34.1 Å². The van der Waals surface area contributed by atoms with E-state index >= 15 is 0 Å². The van der Waals surface area contributed by atoms with E-state index < -0.39 is 11.8 Å². The molecule has 0 spiro atoms. The maximum atomic E-state index is 12.2. The van der Waals surface area contributed by atoms with Crippen LogP contribution in [0.25, 0.3) is 0 Å². The molecule has 3 aromatic rings. The van der Waals surface area contributed by atoms with Gasteiger partial charge in [0.1, 0.15) is 5.75 Å². The van der Waals surface area contributed by atoms with E-state index in [1.54, 1.807) is 60.7 Å². The van der Waals surface area contributed by atoms with Crippen LogP contribution in [0.3, 0.4) is 0 Å². The van der Waals surface area contributed by atoms with Gasteiger partial charge in [-0.2, -0.15) is 5.10 Å². The lowest BCUT2D eigenvalue weighted by Crippen LogP contribution is -2.32. The Morgan fingerprint density at radius 1 is 0.941 bits per heavy atom. The summed E-state index contributed by atoms with van der Waals surface area (Å²) >= 11 is 5.91. The van der Waals surface area contributed by atoms with E-state index in [-0.39, 0.29) is 12.5 Å². The molecule has 0 saturated heterocycles. The Bertz CT molecular complexity index is 1210. The number of hydrogen-bond acceptors (Lipinski definition) is 5. The minimum absolute atomic E-state index is 0.247. The van der Waals surface area contributed by atoms with Crippen molar-refractivity contribution in [1.82, 2.24) is 5.43 Å². The van der Waals surface area contributed by atoms with Crippen molar-refractivity contribution >= 4 is 46.9 Å². The lowest BCUT2D eigenvalue weighted by Gasteiger charge is -2.10. The fraction of sp³-hybridized carbons (Fsp3) is 0.120. The van der Waals surface area contributed by atoms with Gasteiger partial charge in [-0.25, -0.2) is 5.43 Å². The fourth-order valence-electron chi connectivity index (χ4n) is 2.97. The first-order valence-corrected chi connectivity index (χ1v) is 10.8. The predicted molar refractivity (Wildman–Crippen MR) is 132 cm³/mol. The molecule has 3 N–H and O–H groups in total. The van der Waals surface area contributed by atoms with Gasteiger partial charge in [-0.05, 0) is 48.4 Å². The van der Waals surface area contributed by atoms with E-state index in [2.05, 4.69) is 21.2 Å². The summed E-state index contributed by atoms with van der Waals surface area (Å²) in [5.74, 6) is -1.74. The highest BCUT2D eigenvalue weighted by molar-refractivity contribution is 6.39. The van der Waals surface area contributed by atoms with E-state index in [4.69, 9.17) is 16.3 Å². The zero-order valence-corrected chi connectivity index (χ0v) is 19.1. The summed E-state index contributed by atoms with van der Waals surface area (Å²) in [6, 6.07) is 20.8. The summed E-state index contributed by atoms with van der Waals surface area (Å²) in [4.78, 5) is 36.4. The molecule has 0 atom stereocenters. The first-order valence-electron chi connectivity index (χ1n) is 10.5. The van der Waals surface area contributed by atoms with Gasteiger partial charge in [0.25, 0.3) is 5.91 Å². The van der Waals surface area contributed by atoms with Crippen molar-refractivity contribution in [3.8, 4) is 5.75 Å². The van der Waals surface area contributed by atoms with Gasteiger partial charge in [-0.1, -0.05) is 54.9 Å². The average molecular weight is 479 g/mol. The number of nitrogens with one attached hydrogen (secondary N) is 3. The molecule has 0 bridgehead atoms. The SMILES string of the molecule is CCc1ccccc1NC(=O)C(=O)N/N=C\c1ccccc1OCC(=O)Nc1cccc(Cl)c1. The maximum Gasteiger partial charge on any atom is 0.329 e. The Hall–Kier alpha value is -4.17. The van der Waals surface area contributed by atoms with Crippen molar-refractivity contribution in [1.29, 1.82) is 0 Å². The van der Waals surface area contributed by atoms with E-state index in [9.17, 15) is 14.4 Å². The highest BCUT2D eigenvalue weighted by atomic mass is 35.5. The molecule has 8 nitrogen and oxygen atoms in total. The van der Waals surface area contributed by atoms with Gasteiger partial charge in [-0.3, -0.25) is 14.4 Å².